The summed E-state index contributed by atoms with van der Waals surface area (Å²) in [6.45, 7) is 0.458. The molecule has 11 heavy (non-hydrogen) atoms. The number of rotatable bonds is 2. The van der Waals surface area contributed by atoms with Gasteiger partial charge in [0.2, 0.25) is 0 Å². The Kier molecular flexibility index (Phi) is 2.12. The molecule has 1 aromatic rings. The first-order chi connectivity index (χ1) is 5.25. The Morgan fingerprint density at radius 2 is 2.27 bits per heavy atom. The summed E-state index contributed by atoms with van der Waals surface area (Å²) in [6, 6.07) is 0. The summed E-state index contributed by atoms with van der Waals surface area (Å²) < 4.78 is 1.47. The van der Waals surface area contributed by atoms with Crippen LogP contribution in [0.4, 0.5) is 11.5 Å². The first kappa shape index (κ1) is 7.62. The van der Waals surface area contributed by atoms with E-state index in [0.29, 0.717) is 18.1 Å². The third kappa shape index (κ3) is 1.50. The molecule has 60 valence electrons. The van der Waals surface area contributed by atoms with E-state index in [0.717, 1.165) is 0 Å². The summed E-state index contributed by atoms with van der Waals surface area (Å²) in [5.74, 6) is 0.440. The van der Waals surface area contributed by atoms with Gasteiger partial charge in [0.15, 0.2) is 0 Å². The Hall–Kier alpha value is -1.49. The van der Waals surface area contributed by atoms with Gasteiger partial charge in [-0.1, -0.05) is 6.08 Å². The minimum absolute atomic E-state index is 0.440. The molecule has 0 fully saturated rings. The molecular weight excluding hydrogens is 142 g/mol. The Labute approximate surface area is 64.5 Å². The van der Waals surface area contributed by atoms with E-state index < -0.39 is 0 Å². The molecule has 0 spiro atoms. The molecule has 6 N–H and O–H groups in total. The first-order valence-corrected chi connectivity index (χ1v) is 3.21. The highest BCUT2D eigenvalue weighted by Crippen LogP contribution is 2.11. The van der Waals surface area contributed by atoms with Crippen LogP contribution in [0.25, 0.3) is 6.20 Å². The van der Waals surface area contributed by atoms with Crippen molar-refractivity contribution in [3.05, 3.63) is 12.3 Å². The van der Waals surface area contributed by atoms with Crippen molar-refractivity contribution in [2.24, 2.45) is 5.73 Å². The maximum atomic E-state index is 5.53. The van der Waals surface area contributed by atoms with Crippen LogP contribution in [0.2, 0.25) is 0 Å². The predicted octanol–water partition coefficient (Wildman–Crippen LogP) is -0.523. The number of hydrogen-bond donors (Lipinski definition) is 3. The van der Waals surface area contributed by atoms with E-state index in [1.165, 1.54) is 10.9 Å². The minimum Gasteiger partial charge on any atom is -0.394 e. The summed E-state index contributed by atoms with van der Waals surface area (Å²) in [5, 5.41) is 3.88. The van der Waals surface area contributed by atoms with E-state index in [2.05, 4.69) is 5.10 Å². The molecule has 1 heterocycles. The second-order valence-corrected chi connectivity index (χ2v) is 2.05. The Bertz CT molecular complexity index is 262. The van der Waals surface area contributed by atoms with Crippen molar-refractivity contribution in [1.29, 1.82) is 0 Å². The van der Waals surface area contributed by atoms with Gasteiger partial charge in [-0.05, 0) is 0 Å². The molecule has 0 aliphatic rings. The van der Waals surface area contributed by atoms with Crippen LogP contribution >= 0.6 is 0 Å². The van der Waals surface area contributed by atoms with Crippen LogP contribution in [0.15, 0.2) is 12.3 Å². The molecule has 0 saturated carbocycles. The normalized spacial score (nSPS) is 11.0. The fraction of sp³-hybridized carbons (Fsp3) is 0.167. The lowest BCUT2D eigenvalue weighted by atomic mass is 10.5. The average molecular weight is 153 g/mol. The van der Waals surface area contributed by atoms with Gasteiger partial charge in [0.1, 0.15) is 5.82 Å². The molecule has 0 aliphatic carbocycles. The van der Waals surface area contributed by atoms with Gasteiger partial charge in [0.25, 0.3) is 0 Å². The van der Waals surface area contributed by atoms with Crippen molar-refractivity contribution in [3.8, 4) is 0 Å². The quantitative estimate of drug-likeness (QED) is 0.532. The molecule has 0 bridgehead atoms. The lowest BCUT2D eigenvalue weighted by molar-refractivity contribution is 0.941. The summed E-state index contributed by atoms with van der Waals surface area (Å²) in [4.78, 5) is 0. The highest BCUT2D eigenvalue weighted by atomic mass is 15.3. The monoisotopic (exact) mass is 153 g/mol. The summed E-state index contributed by atoms with van der Waals surface area (Å²) in [7, 11) is 0. The molecule has 0 atom stereocenters. The third-order valence-corrected chi connectivity index (χ3v) is 1.25. The van der Waals surface area contributed by atoms with Gasteiger partial charge >= 0.3 is 0 Å². The number of nitrogens with two attached hydrogens (primary N) is 3. The van der Waals surface area contributed by atoms with E-state index >= 15 is 0 Å². The van der Waals surface area contributed by atoms with Gasteiger partial charge in [0.05, 0.1) is 11.9 Å². The van der Waals surface area contributed by atoms with Crippen molar-refractivity contribution in [3.63, 3.8) is 0 Å². The van der Waals surface area contributed by atoms with Crippen LogP contribution in [0, 0.1) is 0 Å². The average Bonchev–Trinajstić information content (AvgIpc) is 2.31. The first-order valence-electron chi connectivity index (χ1n) is 3.21. The molecular formula is C6H11N5. The highest BCUT2D eigenvalue weighted by Gasteiger charge is 1.98. The molecule has 1 rings (SSSR count). The van der Waals surface area contributed by atoms with E-state index in [1.54, 1.807) is 12.3 Å². The van der Waals surface area contributed by atoms with Crippen LogP contribution < -0.4 is 17.2 Å². The summed E-state index contributed by atoms with van der Waals surface area (Å²) in [5.41, 5.74) is 16.7. The SMILES string of the molecule is NC/C=C/n1ncc(N)c1N. The minimum atomic E-state index is 0.440. The number of nitrogen functional groups attached to an aromatic ring is 2. The van der Waals surface area contributed by atoms with Crippen LogP contribution in [0.5, 0.6) is 0 Å². The lowest BCUT2D eigenvalue weighted by Gasteiger charge is -1.94. The second-order valence-electron chi connectivity index (χ2n) is 2.05. The van der Waals surface area contributed by atoms with Crippen molar-refractivity contribution < 1.29 is 0 Å². The smallest absolute Gasteiger partial charge is 0.149 e. The van der Waals surface area contributed by atoms with Crippen molar-refractivity contribution >= 4 is 17.7 Å². The third-order valence-electron chi connectivity index (χ3n) is 1.25. The zero-order chi connectivity index (χ0) is 8.27. The van der Waals surface area contributed by atoms with Crippen LogP contribution in [0.3, 0.4) is 0 Å². The van der Waals surface area contributed by atoms with Crippen LogP contribution in [-0.2, 0) is 0 Å². The molecule has 0 radical (unpaired) electrons. The van der Waals surface area contributed by atoms with Gasteiger partial charge in [-0.15, -0.1) is 0 Å². The molecule has 1 aromatic heterocycles. The molecule has 0 unspecified atom stereocenters. The van der Waals surface area contributed by atoms with E-state index in [4.69, 9.17) is 17.2 Å². The van der Waals surface area contributed by atoms with E-state index in [1.807, 2.05) is 0 Å². The van der Waals surface area contributed by atoms with Crippen molar-refractivity contribution in [2.75, 3.05) is 18.0 Å². The van der Waals surface area contributed by atoms with Gasteiger partial charge in [0, 0.05) is 12.7 Å². The molecule has 0 amide bonds. The molecule has 0 aromatic carbocycles. The van der Waals surface area contributed by atoms with Crippen molar-refractivity contribution in [1.82, 2.24) is 9.78 Å². The standard InChI is InChI=1S/C6H11N5/c7-2-1-3-11-6(9)5(8)4-10-11/h1,3-4H,2,7-9H2/b3-1+. The molecule has 0 saturated heterocycles. The Morgan fingerprint density at radius 3 is 2.73 bits per heavy atom. The van der Waals surface area contributed by atoms with Crippen LogP contribution in [0.1, 0.15) is 0 Å². The fourth-order valence-corrected chi connectivity index (χ4v) is 0.665. The molecule has 0 aliphatic heterocycles. The topological polar surface area (TPSA) is 95.9 Å². The van der Waals surface area contributed by atoms with Gasteiger partial charge in [-0.2, -0.15) is 5.10 Å². The Morgan fingerprint density at radius 1 is 1.55 bits per heavy atom. The number of anilines is 2. The number of hydrogen-bond acceptors (Lipinski definition) is 4. The lowest BCUT2D eigenvalue weighted by Crippen LogP contribution is -2.00. The highest BCUT2D eigenvalue weighted by molar-refractivity contribution is 5.60. The largest absolute Gasteiger partial charge is 0.394 e. The Balaban J connectivity index is 2.87. The maximum Gasteiger partial charge on any atom is 0.149 e. The predicted molar refractivity (Wildman–Crippen MR) is 45.4 cm³/mol. The molecule has 5 heteroatoms. The molecule has 5 nitrogen and oxygen atoms in total. The zero-order valence-electron chi connectivity index (χ0n) is 6.07. The van der Waals surface area contributed by atoms with E-state index in [-0.39, 0.29) is 0 Å². The number of nitrogens with zero attached hydrogens (tertiary/aromatic N) is 2. The van der Waals surface area contributed by atoms with E-state index in [9.17, 15) is 0 Å². The second kappa shape index (κ2) is 3.07. The van der Waals surface area contributed by atoms with Crippen LogP contribution in [-0.4, -0.2) is 16.3 Å². The van der Waals surface area contributed by atoms with Gasteiger partial charge in [-0.3, -0.25) is 0 Å². The summed E-state index contributed by atoms with van der Waals surface area (Å²) >= 11 is 0. The van der Waals surface area contributed by atoms with Gasteiger partial charge < -0.3 is 17.2 Å². The van der Waals surface area contributed by atoms with Crippen molar-refractivity contribution in [2.45, 2.75) is 0 Å². The number of aromatic nitrogens is 2. The zero-order valence-corrected chi connectivity index (χ0v) is 6.07. The van der Waals surface area contributed by atoms with Gasteiger partial charge in [-0.25, -0.2) is 4.68 Å². The summed E-state index contributed by atoms with van der Waals surface area (Å²) in [6.07, 6.45) is 4.91. The fourth-order valence-electron chi connectivity index (χ4n) is 0.665. The maximum absolute atomic E-state index is 5.53.